The van der Waals surface area contributed by atoms with E-state index in [9.17, 15) is 4.79 Å². The SMILES string of the molecule is CCN(Cc1noc(C2CCC2)n1)C(=O)N[C@@H]1CCCN(c2ncccn2)C1. The number of hydrogen-bond donors (Lipinski definition) is 1. The Morgan fingerprint density at radius 1 is 1.29 bits per heavy atom. The molecule has 1 N–H and O–H groups in total. The lowest BCUT2D eigenvalue weighted by atomic mass is 9.85. The van der Waals surface area contributed by atoms with E-state index in [1.165, 1.54) is 6.42 Å². The summed E-state index contributed by atoms with van der Waals surface area (Å²) in [5, 5.41) is 7.20. The second-order valence-corrected chi connectivity index (χ2v) is 7.47. The van der Waals surface area contributed by atoms with Crippen LogP contribution in [0.1, 0.15) is 56.7 Å². The summed E-state index contributed by atoms with van der Waals surface area (Å²) in [5.41, 5.74) is 0. The maximum atomic E-state index is 12.8. The molecule has 2 amide bonds. The lowest BCUT2D eigenvalue weighted by molar-refractivity contribution is 0.190. The molecule has 2 aromatic heterocycles. The Balaban J connectivity index is 1.32. The van der Waals surface area contributed by atoms with Crippen molar-refractivity contribution in [3.8, 4) is 0 Å². The van der Waals surface area contributed by atoms with Gasteiger partial charge in [-0.15, -0.1) is 0 Å². The first kappa shape index (κ1) is 18.6. The standard InChI is InChI=1S/C19H27N7O2/c1-2-25(13-16-23-17(28-24-16)14-6-3-7-14)19(27)22-15-8-4-11-26(12-15)18-20-9-5-10-21-18/h5,9-10,14-15H,2-4,6-8,11-13H2,1H3,(H,22,27)/t15-/m1/s1. The lowest BCUT2D eigenvalue weighted by Crippen LogP contribution is -2.51. The van der Waals surface area contributed by atoms with E-state index >= 15 is 0 Å². The fourth-order valence-corrected chi connectivity index (χ4v) is 3.65. The molecule has 9 heteroatoms. The number of carbonyl (C=O) groups is 1. The van der Waals surface area contributed by atoms with E-state index in [1.54, 1.807) is 23.4 Å². The molecule has 2 aliphatic rings. The zero-order valence-electron chi connectivity index (χ0n) is 16.3. The summed E-state index contributed by atoms with van der Waals surface area (Å²) in [7, 11) is 0. The Kier molecular flexibility index (Phi) is 5.68. The first-order chi connectivity index (χ1) is 13.7. The highest BCUT2D eigenvalue weighted by Crippen LogP contribution is 2.35. The van der Waals surface area contributed by atoms with Crippen molar-refractivity contribution in [2.24, 2.45) is 0 Å². The van der Waals surface area contributed by atoms with Gasteiger partial charge in [-0.1, -0.05) is 11.6 Å². The zero-order valence-corrected chi connectivity index (χ0v) is 16.3. The van der Waals surface area contributed by atoms with E-state index in [4.69, 9.17) is 4.52 Å². The predicted octanol–water partition coefficient (Wildman–Crippen LogP) is 2.33. The van der Waals surface area contributed by atoms with Gasteiger partial charge in [-0.3, -0.25) is 0 Å². The number of amides is 2. The van der Waals surface area contributed by atoms with Crippen LogP contribution in [0.25, 0.3) is 0 Å². The Morgan fingerprint density at radius 3 is 2.82 bits per heavy atom. The lowest BCUT2D eigenvalue weighted by Gasteiger charge is -2.34. The summed E-state index contributed by atoms with van der Waals surface area (Å²) in [4.78, 5) is 29.7. The summed E-state index contributed by atoms with van der Waals surface area (Å²) in [6.07, 6.45) is 8.87. The molecule has 2 fully saturated rings. The van der Waals surface area contributed by atoms with Gasteiger partial charge in [0.25, 0.3) is 0 Å². The molecule has 0 bridgehead atoms. The summed E-state index contributed by atoms with van der Waals surface area (Å²) in [6, 6.07) is 1.77. The summed E-state index contributed by atoms with van der Waals surface area (Å²) in [5.74, 6) is 2.40. The van der Waals surface area contributed by atoms with Crippen molar-refractivity contribution in [2.75, 3.05) is 24.5 Å². The van der Waals surface area contributed by atoms with Gasteiger partial charge in [0.15, 0.2) is 5.82 Å². The van der Waals surface area contributed by atoms with Crippen molar-refractivity contribution in [1.29, 1.82) is 0 Å². The molecule has 3 heterocycles. The molecule has 1 aliphatic heterocycles. The van der Waals surface area contributed by atoms with Gasteiger partial charge in [0.05, 0.1) is 6.54 Å². The first-order valence-electron chi connectivity index (χ1n) is 10.1. The van der Waals surface area contributed by atoms with E-state index in [-0.39, 0.29) is 12.1 Å². The van der Waals surface area contributed by atoms with Crippen molar-refractivity contribution in [3.05, 3.63) is 30.2 Å². The van der Waals surface area contributed by atoms with Gasteiger partial charge < -0.3 is 19.6 Å². The minimum absolute atomic E-state index is 0.0647. The van der Waals surface area contributed by atoms with Crippen LogP contribution in [0.15, 0.2) is 23.0 Å². The molecular weight excluding hydrogens is 358 g/mol. The van der Waals surface area contributed by atoms with Crippen LogP contribution in [0.3, 0.4) is 0 Å². The molecule has 0 unspecified atom stereocenters. The molecule has 1 saturated carbocycles. The molecule has 1 aliphatic carbocycles. The molecule has 4 rings (SSSR count). The number of piperidine rings is 1. The quantitative estimate of drug-likeness (QED) is 0.814. The van der Waals surface area contributed by atoms with Crippen molar-refractivity contribution in [2.45, 2.75) is 57.5 Å². The number of aromatic nitrogens is 4. The number of hydrogen-bond acceptors (Lipinski definition) is 7. The van der Waals surface area contributed by atoms with E-state index in [2.05, 4.69) is 30.3 Å². The number of rotatable bonds is 6. The van der Waals surface area contributed by atoms with Crippen LogP contribution in [0.4, 0.5) is 10.7 Å². The Bertz CT molecular complexity index is 778. The minimum Gasteiger partial charge on any atom is -0.339 e. The van der Waals surface area contributed by atoms with Gasteiger partial charge in [0.1, 0.15) is 0 Å². The summed E-state index contributed by atoms with van der Waals surface area (Å²) >= 11 is 0. The monoisotopic (exact) mass is 385 g/mol. The minimum atomic E-state index is -0.0988. The molecule has 2 aromatic rings. The highest BCUT2D eigenvalue weighted by atomic mass is 16.5. The molecule has 0 radical (unpaired) electrons. The van der Waals surface area contributed by atoms with Crippen LogP contribution in [0.2, 0.25) is 0 Å². The fourth-order valence-electron chi connectivity index (χ4n) is 3.65. The van der Waals surface area contributed by atoms with E-state index in [0.717, 1.165) is 32.2 Å². The zero-order chi connectivity index (χ0) is 19.3. The third-order valence-corrected chi connectivity index (χ3v) is 5.52. The molecule has 0 spiro atoms. The van der Waals surface area contributed by atoms with Crippen molar-refractivity contribution >= 4 is 12.0 Å². The summed E-state index contributed by atoms with van der Waals surface area (Å²) < 4.78 is 5.37. The number of nitrogens with zero attached hydrogens (tertiary/aromatic N) is 6. The number of nitrogens with one attached hydrogen (secondary N) is 1. The van der Waals surface area contributed by atoms with Crippen LogP contribution in [0, 0.1) is 0 Å². The molecule has 9 nitrogen and oxygen atoms in total. The molecule has 1 saturated heterocycles. The normalized spacial score (nSPS) is 19.9. The largest absolute Gasteiger partial charge is 0.339 e. The highest BCUT2D eigenvalue weighted by Gasteiger charge is 2.27. The van der Waals surface area contributed by atoms with Gasteiger partial charge in [-0.2, -0.15) is 4.98 Å². The molecule has 0 aromatic carbocycles. The topological polar surface area (TPSA) is 100 Å². The van der Waals surface area contributed by atoms with Crippen molar-refractivity contribution in [1.82, 2.24) is 30.3 Å². The van der Waals surface area contributed by atoms with Gasteiger partial charge >= 0.3 is 6.03 Å². The Labute approximate surface area is 164 Å². The van der Waals surface area contributed by atoms with Gasteiger partial charge in [0, 0.05) is 44.0 Å². The Hall–Kier alpha value is -2.71. The van der Waals surface area contributed by atoms with Gasteiger partial charge in [-0.05, 0) is 38.7 Å². The molecular formula is C19H27N7O2. The van der Waals surface area contributed by atoms with Crippen molar-refractivity contribution in [3.63, 3.8) is 0 Å². The van der Waals surface area contributed by atoms with Crippen LogP contribution in [-0.4, -0.2) is 56.7 Å². The van der Waals surface area contributed by atoms with Crippen molar-refractivity contribution < 1.29 is 9.32 Å². The first-order valence-corrected chi connectivity index (χ1v) is 10.1. The molecule has 28 heavy (non-hydrogen) atoms. The van der Waals surface area contributed by atoms with E-state index in [1.807, 2.05) is 6.92 Å². The maximum absolute atomic E-state index is 12.8. The molecule has 150 valence electrons. The van der Waals surface area contributed by atoms with Gasteiger partial charge in [-0.25, -0.2) is 14.8 Å². The molecule has 1 atom stereocenters. The second-order valence-electron chi connectivity index (χ2n) is 7.47. The van der Waals surface area contributed by atoms with E-state index < -0.39 is 0 Å². The summed E-state index contributed by atoms with van der Waals surface area (Å²) in [6.45, 7) is 4.51. The third kappa shape index (κ3) is 4.23. The average molecular weight is 385 g/mol. The Morgan fingerprint density at radius 2 is 2.11 bits per heavy atom. The van der Waals surface area contributed by atoms with E-state index in [0.29, 0.717) is 43.2 Å². The van der Waals surface area contributed by atoms with Crippen LogP contribution >= 0.6 is 0 Å². The smallest absolute Gasteiger partial charge is 0.318 e. The van der Waals surface area contributed by atoms with Crippen LogP contribution in [-0.2, 0) is 6.54 Å². The maximum Gasteiger partial charge on any atom is 0.318 e. The number of urea groups is 1. The number of carbonyl (C=O) groups excluding carboxylic acids is 1. The number of anilines is 1. The van der Waals surface area contributed by atoms with Crippen LogP contribution < -0.4 is 10.2 Å². The predicted molar refractivity (Wildman–Crippen MR) is 103 cm³/mol. The average Bonchev–Trinajstić information content (AvgIpc) is 3.13. The highest BCUT2D eigenvalue weighted by molar-refractivity contribution is 5.74. The van der Waals surface area contributed by atoms with Crippen LogP contribution in [0.5, 0.6) is 0 Å². The second kappa shape index (κ2) is 8.53. The fraction of sp³-hybridized carbons (Fsp3) is 0.632. The van der Waals surface area contributed by atoms with Gasteiger partial charge in [0.2, 0.25) is 11.8 Å². The third-order valence-electron chi connectivity index (χ3n) is 5.52.